The predicted molar refractivity (Wildman–Crippen MR) is 108 cm³/mol. The summed E-state index contributed by atoms with van der Waals surface area (Å²) in [4.78, 5) is 0. The van der Waals surface area contributed by atoms with E-state index in [4.69, 9.17) is 4.74 Å². The number of hydrogen-bond acceptors (Lipinski definition) is 1. The van der Waals surface area contributed by atoms with Gasteiger partial charge in [-0.15, -0.1) is 0 Å². The summed E-state index contributed by atoms with van der Waals surface area (Å²) in [5, 5.41) is 0. The van der Waals surface area contributed by atoms with Crippen LogP contribution >= 0.6 is 0 Å². The molecule has 0 spiro atoms. The van der Waals surface area contributed by atoms with Crippen molar-refractivity contribution in [1.82, 2.24) is 0 Å². The first-order chi connectivity index (χ1) is 12.2. The van der Waals surface area contributed by atoms with E-state index in [2.05, 4.69) is 75.4 Å². The van der Waals surface area contributed by atoms with Gasteiger partial charge in [-0.25, -0.2) is 0 Å². The molecule has 0 unspecified atom stereocenters. The van der Waals surface area contributed by atoms with Crippen LogP contribution in [0.4, 0.5) is 0 Å². The van der Waals surface area contributed by atoms with Crippen molar-refractivity contribution in [3.05, 3.63) is 76.9 Å². The van der Waals surface area contributed by atoms with Crippen LogP contribution in [0.1, 0.15) is 42.0 Å². The van der Waals surface area contributed by atoms with E-state index in [1.54, 1.807) is 0 Å². The number of aryl methyl sites for hydroxylation is 2. The van der Waals surface area contributed by atoms with Gasteiger partial charge in [0.15, 0.2) is 0 Å². The summed E-state index contributed by atoms with van der Waals surface area (Å²) >= 11 is 0. The highest BCUT2D eigenvalue weighted by atomic mass is 16.5. The van der Waals surface area contributed by atoms with E-state index >= 15 is 0 Å². The van der Waals surface area contributed by atoms with Crippen LogP contribution in [0, 0.1) is 13.8 Å². The fourth-order valence-corrected chi connectivity index (χ4v) is 3.10. The number of hydrogen-bond donors (Lipinski definition) is 0. The summed E-state index contributed by atoms with van der Waals surface area (Å²) in [6.07, 6.45) is 6.60. The van der Waals surface area contributed by atoms with Gasteiger partial charge in [-0.1, -0.05) is 68.0 Å². The minimum absolute atomic E-state index is 0.793. The van der Waals surface area contributed by atoms with Crippen molar-refractivity contribution in [3.8, 4) is 16.9 Å². The van der Waals surface area contributed by atoms with Gasteiger partial charge in [0, 0.05) is 0 Å². The Labute approximate surface area is 151 Å². The maximum atomic E-state index is 5.72. The molecule has 0 saturated carbocycles. The van der Waals surface area contributed by atoms with Crippen molar-refractivity contribution in [2.75, 3.05) is 6.61 Å². The quantitative estimate of drug-likeness (QED) is 0.454. The molecule has 1 nitrogen and oxygen atoms in total. The predicted octanol–water partition coefficient (Wildman–Crippen LogP) is 6.76. The number of ether oxygens (including phenoxy) is 1. The van der Waals surface area contributed by atoms with Crippen LogP contribution < -0.4 is 4.74 Å². The van der Waals surface area contributed by atoms with Crippen molar-refractivity contribution in [2.24, 2.45) is 0 Å². The standard InChI is InChI=1S/C24H26O/c1-4-5-15-25-22-13-11-20(12-14-22)9-10-21-16-18(2)23-7-6-8-24(23)19(3)17-21/h6-14,16-17H,4-5,15H2,1-3H3/b10-9+. The molecule has 0 bridgehead atoms. The van der Waals surface area contributed by atoms with Gasteiger partial charge in [0.05, 0.1) is 6.61 Å². The van der Waals surface area contributed by atoms with Gasteiger partial charge >= 0.3 is 0 Å². The van der Waals surface area contributed by atoms with Gasteiger partial charge in [-0.05, 0) is 65.8 Å². The fraction of sp³-hybridized carbons (Fsp3) is 0.250. The third kappa shape index (κ3) is 4.30. The third-order valence-corrected chi connectivity index (χ3v) is 4.55. The Morgan fingerprint density at radius 1 is 0.800 bits per heavy atom. The van der Waals surface area contributed by atoms with Gasteiger partial charge in [0.2, 0.25) is 0 Å². The van der Waals surface area contributed by atoms with Gasteiger partial charge in [-0.2, -0.15) is 0 Å². The highest BCUT2D eigenvalue weighted by Crippen LogP contribution is 2.30. The molecular weight excluding hydrogens is 304 g/mol. The molecule has 0 amide bonds. The smallest absolute Gasteiger partial charge is 0.119 e. The lowest BCUT2D eigenvalue weighted by molar-refractivity contribution is 0.309. The van der Waals surface area contributed by atoms with Crippen molar-refractivity contribution in [1.29, 1.82) is 0 Å². The molecular formula is C24H26O. The summed E-state index contributed by atoms with van der Waals surface area (Å²) in [6, 6.07) is 19.3. The first-order valence-electron chi connectivity index (χ1n) is 9.08. The SMILES string of the molecule is CCCCOc1ccc(/C=C/c2cc(C)c3cccc-3c(C)c2)cc1. The lowest BCUT2D eigenvalue weighted by Crippen LogP contribution is -1.95. The molecule has 25 heavy (non-hydrogen) atoms. The van der Waals surface area contributed by atoms with E-state index in [1.165, 1.54) is 33.4 Å². The van der Waals surface area contributed by atoms with Crippen molar-refractivity contribution in [3.63, 3.8) is 0 Å². The molecule has 0 N–H and O–H groups in total. The summed E-state index contributed by atoms with van der Waals surface area (Å²) in [6.45, 7) is 7.33. The van der Waals surface area contributed by atoms with E-state index < -0.39 is 0 Å². The van der Waals surface area contributed by atoms with Gasteiger partial charge < -0.3 is 4.74 Å². The van der Waals surface area contributed by atoms with Gasteiger partial charge in [0.1, 0.15) is 5.75 Å². The zero-order chi connectivity index (χ0) is 17.6. The summed E-state index contributed by atoms with van der Waals surface area (Å²) in [5.41, 5.74) is 7.72. The Hall–Kier alpha value is -2.54. The number of unbranched alkanes of at least 4 members (excludes halogenated alkanes) is 1. The molecule has 0 atom stereocenters. The van der Waals surface area contributed by atoms with Crippen molar-refractivity contribution in [2.45, 2.75) is 33.6 Å². The fourth-order valence-electron chi connectivity index (χ4n) is 3.10. The second kappa shape index (κ2) is 8.02. The molecule has 0 aliphatic heterocycles. The van der Waals surface area contributed by atoms with E-state index in [1.807, 2.05) is 12.1 Å². The van der Waals surface area contributed by atoms with Crippen LogP contribution in [0.5, 0.6) is 5.75 Å². The van der Waals surface area contributed by atoms with E-state index in [0.717, 1.165) is 25.2 Å². The van der Waals surface area contributed by atoms with E-state index in [0.29, 0.717) is 0 Å². The molecule has 1 heteroatoms. The minimum atomic E-state index is 0.793. The zero-order valence-corrected chi connectivity index (χ0v) is 15.4. The monoisotopic (exact) mass is 330 g/mol. The highest BCUT2D eigenvalue weighted by Gasteiger charge is 2.07. The Bertz CT molecular complexity index is 791. The van der Waals surface area contributed by atoms with Crippen LogP contribution in [0.3, 0.4) is 0 Å². The summed E-state index contributed by atoms with van der Waals surface area (Å²) < 4.78 is 5.72. The molecule has 128 valence electrons. The van der Waals surface area contributed by atoms with E-state index in [9.17, 15) is 0 Å². The first kappa shape index (κ1) is 17.3. The number of rotatable bonds is 6. The van der Waals surface area contributed by atoms with Gasteiger partial charge in [-0.3, -0.25) is 0 Å². The lowest BCUT2D eigenvalue weighted by atomic mass is 10.1. The topological polar surface area (TPSA) is 9.23 Å². The Kier molecular flexibility index (Phi) is 5.55. The number of benzene rings is 1. The van der Waals surface area contributed by atoms with Crippen LogP contribution in [-0.2, 0) is 0 Å². The second-order valence-corrected chi connectivity index (χ2v) is 6.61. The maximum Gasteiger partial charge on any atom is 0.119 e. The normalized spacial score (nSPS) is 11.3. The molecule has 0 fully saturated rings. The number of fused-ring (bicyclic) bond motifs is 1. The molecule has 1 aromatic rings. The summed E-state index contributed by atoms with van der Waals surface area (Å²) in [5.74, 6) is 0.946. The Balaban J connectivity index is 1.78. The van der Waals surface area contributed by atoms with E-state index in [-0.39, 0.29) is 0 Å². The molecule has 0 radical (unpaired) electrons. The third-order valence-electron chi connectivity index (χ3n) is 4.55. The molecule has 2 aliphatic rings. The second-order valence-electron chi connectivity index (χ2n) is 6.61. The van der Waals surface area contributed by atoms with Crippen molar-refractivity contribution >= 4 is 12.2 Å². The molecule has 1 aromatic carbocycles. The lowest BCUT2D eigenvalue weighted by Gasteiger charge is -2.05. The largest absolute Gasteiger partial charge is 0.494 e. The van der Waals surface area contributed by atoms with Crippen LogP contribution in [0.15, 0.2) is 54.6 Å². The van der Waals surface area contributed by atoms with Crippen LogP contribution in [0.25, 0.3) is 23.3 Å². The molecule has 0 heterocycles. The molecule has 0 saturated heterocycles. The van der Waals surface area contributed by atoms with Crippen LogP contribution in [0.2, 0.25) is 0 Å². The first-order valence-corrected chi connectivity index (χ1v) is 9.08. The molecule has 0 aromatic heterocycles. The van der Waals surface area contributed by atoms with Gasteiger partial charge in [0.25, 0.3) is 0 Å². The van der Waals surface area contributed by atoms with Crippen molar-refractivity contribution < 1.29 is 4.74 Å². The average molecular weight is 330 g/mol. The maximum absolute atomic E-state index is 5.72. The zero-order valence-electron chi connectivity index (χ0n) is 15.4. The Morgan fingerprint density at radius 2 is 1.40 bits per heavy atom. The average Bonchev–Trinajstić information content (AvgIpc) is 3.07. The highest BCUT2D eigenvalue weighted by molar-refractivity contribution is 5.77. The minimum Gasteiger partial charge on any atom is -0.494 e. The van der Waals surface area contributed by atoms with Crippen LogP contribution in [-0.4, -0.2) is 6.61 Å². The summed E-state index contributed by atoms with van der Waals surface area (Å²) in [7, 11) is 0. The molecule has 3 rings (SSSR count). The molecule has 2 aliphatic carbocycles. The Morgan fingerprint density at radius 3 is 2.00 bits per heavy atom.